The number of rotatable bonds is 5. The summed E-state index contributed by atoms with van der Waals surface area (Å²) in [5.74, 6) is 0.431. The summed E-state index contributed by atoms with van der Waals surface area (Å²) in [6.07, 6.45) is 1.15. The van der Waals surface area contributed by atoms with Crippen LogP contribution in [-0.2, 0) is 4.74 Å². The third-order valence-corrected chi connectivity index (χ3v) is 3.56. The molecule has 0 aliphatic rings. The fourth-order valence-electron chi connectivity index (χ4n) is 2.23. The van der Waals surface area contributed by atoms with E-state index in [4.69, 9.17) is 25.4 Å². The molecule has 0 saturated heterocycles. The molecule has 0 fully saturated rings. The molecule has 1 aromatic heterocycles. The molecule has 1 heterocycles. The van der Waals surface area contributed by atoms with Crippen molar-refractivity contribution in [1.82, 2.24) is 0 Å². The van der Waals surface area contributed by atoms with Gasteiger partial charge >= 0.3 is 5.97 Å². The van der Waals surface area contributed by atoms with E-state index in [9.17, 15) is 10.1 Å². The van der Waals surface area contributed by atoms with Gasteiger partial charge in [0.25, 0.3) is 0 Å². The summed E-state index contributed by atoms with van der Waals surface area (Å²) in [5, 5.41) is 27.0. The molecule has 2 aromatic rings. The summed E-state index contributed by atoms with van der Waals surface area (Å²) in [4.78, 5) is 11.9. The van der Waals surface area contributed by atoms with Crippen molar-refractivity contribution in [2.24, 2.45) is 5.73 Å². The van der Waals surface area contributed by atoms with E-state index in [0.29, 0.717) is 17.1 Å². The fraction of sp³-hybridized carbons (Fsp3) is 0.143. The molecular weight excluding hydrogens is 356 g/mol. The third-order valence-electron chi connectivity index (χ3n) is 3.56. The van der Waals surface area contributed by atoms with Gasteiger partial charge in [0.15, 0.2) is 5.57 Å². The van der Waals surface area contributed by atoms with E-state index < -0.39 is 5.97 Å². The molecule has 0 atom stereocenters. The Bertz CT molecular complexity index is 1050. The zero-order valence-electron chi connectivity index (χ0n) is 15.3. The minimum absolute atomic E-state index is 0.0502. The molecule has 0 bridgehead atoms. The number of benzene rings is 1. The van der Waals surface area contributed by atoms with Crippen molar-refractivity contribution >= 4 is 12.0 Å². The van der Waals surface area contributed by atoms with Gasteiger partial charge in [0.2, 0.25) is 0 Å². The van der Waals surface area contributed by atoms with Gasteiger partial charge < -0.3 is 14.9 Å². The van der Waals surface area contributed by atoms with Crippen LogP contribution < -0.4 is 5.73 Å². The molecule has 7 heteroatoms. The highest BCUT2D eigenvalue weighted by Crippen LogP contribution is 2.25. The predicted molar refractivity (Wildman–Crippen MR) is 101 cm³/mol. The van der Waals surface area contributed by atoms with Crippen molar-refractivity contribution < 1.29 is 13.9 Å². The Morgan fingerprint density at radius 3 is 2.25 bits per heavy atom. The smallest absolute Gasteiger partial charge is 0.338 e. The lowest BCUT2D eigenvalue weighted by atomic mass is 10.1. The Labute approximate surface area is 162 Å². The number of hydrogen-bond acceptors (Lipinski definition) is 7. The van der Waals surface area contributed by atoms with Crippen LogP contribution in [0.5, 0.6) is 0 Å². The SMILES string of the molecule is CC(C)OC(=O)c1ccc(-c2ccc(/C=C(\C#N)C(N)=C(C#N)C#N)o2)cc1. The maximum Gasteiger partial charge on any atom is 0.338 e. The first kappa shape index (κ1) is 20.0. The lowest BCUT2D eigenvalue weighted by Gasteiger charge is -2.07. The van der Waals surface area contributed by atoms with Crippen LogP contribution in [0.3, 0.4) is 0 Å². The van der Waals surface area contributed by atoms with Crippen LogP contribution in [0.1, 0.15) is 30.0 Å². The van der Waals surface area contributed by atoms with Crippen molar-refractivity contribution in [2.45, 2.75) is 20.0 Å². The second-order valence-corrected chi connectivity index (χ2v) is 5.92. The van der Waals surface area contributed by atoms with E-state index in [2.05, 4.69) is 0 Å². The molecule has 2 N–H and O–H groups in total. The second kappa shape index (κ2) is 8.89. The number of nitriles is 3. The number of nitrogens with zero attached hydrogens (tertiary/aromatic N) is 3. The first-order chi connectivity index (χ1) is 13.4. The Hall–Kier alpha value is -4.28. The minimum atomic E-state index is -0.406. The van der Waals surface area contributed by atoms with E-state index in [-0.39, 0.29) is 22.9 Å². The largest absolute Gasteiger partial charge is 0.459 e. The van der Waals surface area contributed by atoms with Crippen molar-refractivity contribution in [1.29, 1.82) is 15.8 Å². The van der Waals surface area contributed by atoms with Crippen molar-refractivity contribution in [2.75, 3.05) is 0 Å². The van der Waals surface area contributed by atoms with Crippen molar-refractivity contribution in [3.63, 3.8) is 0 Å². The van der Waals surface area contributed by atoms with E-state index in [1.807, 2.05) is 6.07 Å². The van der Waals surface area contributed by atoms with Gasteiger partial charge in [-0.1, -0.05) is 12.1 Å². The average Bonchev–Trinajstić information content (AvgIpc) is 3.15. The molecule has 0 aliphatic carbocycles. The topological polar surface area (TPSA) is 137 Å². The van der Waals surface area contributed by atoms with Crippen molar-refractivity contribution in [3.05, 3.63) is 64.6 Å². The van der Waals surface area contributed by atoms with E-state index >= 15 is 0 Å². The number of carbonyl (C=O) groups is 1. The number of hydrogen-bond donors (Lipinski definition) is 1. The highest BCUT2D eigenvalue weighted by molar-refractivity contribution is 5.90. The van der Waals surface area contributed by atoms with Crippen LogP contribution in [-0.4, -0.2) is 12.1 Å². The first-order valence-electron chi connectivity index (χ1n) is 8.23. The molecule has 0 spiro atoms. The molecule has 0 amide bonds. The first-order valence-corrected chi connectivity index (χ1v) is 8.23. The molecule has 2 rings (SSSR count). The molecule has 28 heavy (non-hydrogen) atoms. The van der Waals surface area contributed by atoms with Gasteiger partial charge in [0.1, 0.15) is 29.7 Å². The van der Waals surface area contributed by atoms with Crippen LogP contribution in [0, 0.1) is 34.0 Å². The molecule has 7 nitrogen and oxygen atoms in total. The quantitative estimate of drug-likeness (QED) is 0.480. The number of nitrogens with two attached hydrogens (primary N) is 1. The van der Waals surface area contributed by atoms with Gasteiger partial charge in [-0.05, 0) is 38.1 Å². The minimum Gasteiger partial charge on any atom is -0.459 e. The fourth-order valence-corrected chi connectivity index (χ4v) is 2.23. The van der Waals surface area contributed by atoms with E-state index in [1.54, 1.807) is 62.4 Å². The zero-order chi connectivity index (χ0) is 20.7. The van der Waals surface area contributed by atoms with E-state index in [1.165, 1.54) is 6.08 Å². The maximum absolute atomic E-state index is 11.9. The Balaban J connectivity index is 2.28. The normalized spacial score (nSPS) is 10.5. The number of esters is 1. The lowest BCUT2D eigenvalue weighted by molar-refractivity contribution is 0.0378. The number of ether oxygens (including phenoxy) is 1. The van der Waals surface area contributed by atoms with E-state index in [0.717, 1.165) is 5.56 Å². The molecule has 138 valence electrons. The predicted octanol–water partition coefficient (Wildman–Crippen LogP) is 3.68. The molecule has 0 unspecified atom stereocenters. The van der Waals surface area contributed by atoms with Crippen molar-refractivity contribution in [3.8, 4) is 29.5 Å². The molecular formula is C21H16N4O3. The Morgan fingerprint density at radius 2 is 1.71 bits per heavy atom. The molecule has 1 aromatic carbocycles. The van der Waals surface area contributed by atoms with Gasteiger partial charge in [0, 0.05) is 11.6 Å². The summed E-state index contributed by atoms with van der Waals surface area (Å²) in [6, 6.07) is 15.1. The monoisotopic (exact) mass is 372 g/mol. The highest BCUT2D eigenvalue weighted by atomic mass is 16.5. The van der Waals surface area contributed by atoms with Gasteiger partial charge in [-0.3, -0.25) is 0 Å². The summed E-state index contributed by atoms with van der Waals surface area (Å²) >= 11 is 0. The summed E-state index contributed by atoms with van der Waals surface area (Å²) in [7, 11) is 0. The third kappa shape index (κ3) is 4.66. The number of furan rings is 1. The standard InChI is InChI=1S/C21H16N4O3/c1-13(2)27-21(26)15-5-3-14(4-6-15)19-8-7-18(28-19)9-16(10-22)20(25)17(11-23)12-24/h3-9,13H,25H2,1-2H3/b16-9+. The van der Waals surface area contributed by atoms with Gasteiger partial charge in [0.05, 0.1) is 22.9 Å². The van der Waals surface area contributed by atoms with Crippen LogP contribution in [0.15, 0.2) is 57.7 Å². The zero-order valence-corrected chi connectivity index (χ0v) is 15.3. The van der Waals surface area contributed by atoms with Gasteiger partial charge in [-0.15, -0.1) is 0 Å². The average molecular weight is 372 g/mol. The van der Waals surface area contributed by atoms with Crippen LogP contribution in [0.25, 0.3) is 17.4 Å². The molecule has 0 radical (unpaired) electrons. The number of allylic oxidation sites excluding steroid dienone is 2. The second-order valence-electron chi connectivity index (χ2n) is 5.92. The van der Waals surface area contributed by atoms with Gasteiger partial charge in [-0.25, -0.2) is 4.79 Å². The van der Waals surface area contributed by atoms with Crippen LogP contribution in [0.4, 0.5) is 0 Å². The molecule has 0 saturated carbocycles. The Morgan fingerprint density at radius 1 is 1.07 bits per heavy atom. The summed E-state index contributed by atoms with van der Waals surface area (Å²) in [5.41, 5.74) is 6.24. The van der Waals surface area contributed by atoms with Crippen LogP contribution in [0.2, 0.25) is 0 Å². The summed E-state index contributed by atoms with van der Waals surface area (Å²) < 4.78 is 10.8. The molecule has 0 aliphatic heterocycles. The maximum atomic E-state index is 11.9. The highest BCUT2D eigenvalue weighted by Gasteiger charge is 2.12. The van der Waals surface area contributed by atoms with Crippen LogP contribution >= 0.6 is 0 Å². The summed E-state index contributed by atoms with van der Waals surface area (Å²) in [6.45, 7) is 3.55. The lowest BCUT2D eigenvalue weighted by Crippen LogP contribution is -2.11. The number of carbonyl (C=O) groups excluding carboxylic acids is 1. The van der Waals surface area contributed by atoms with Gasteiger partial charge in [-0.2, -0.15) is 15.8 Å². The Kier molecular flexibility index (Phi) is 6.36.